The average molecular weight is 279 g/mol. The molecule has 2 rings (SSSR count). The molecule has 1 aromatic rings. The lowest BCUT2D eigenvalue weighted by molar-refractivity contribution is -0.736. The number of hydrogen-bond acceptors (Lipinski definition) is 4. The summed E-state index contributed by atoms with van der Waals surface area (Å²) >= 11 is 1.93. The average Bonchev–Trinajstić information content (AvgIpc) is 2.48. The highest BCUT2D eigenvalue weighted by Crippen LogP contribution is 2.33. The van der Waals surface area contributed by atoms with E-state index in [2.05, 4.69) is 16.8 Å². The first-order valence-electron chi connectivity index (χ1n) is 6.49. The normalized spacial score (nSPS) is 18.8. The molecule has 1 aromatic carbocycles. The summed E-state index contributed by atoms with van der Waals surface area (Å²) in [4.78, 5) is 21.1. The lowest BCUT2D eigenvalue weighted by Crippen LogP contribution is -2.14. The standard InChI is InChI=1S/C14H19N2O2S/c1-3-4-12-10-19-14(9-15-12)11-5-7-13(8-6-11)16(17)18-2/h5-8,14H,3-4,9-10H2,1-2H3/q+1. The topological polar surface area (TPSA) is 41.7 Å². The van der Waals surface area contributed by atoms with E-state index in [0.29, 0.717) is 15.9 Å². The third kappa shape index (κ3) is 3.56. The van der Waals surface area contributed by atoms with E-state index in [4.69, 9.17) is 0 Å². The van der Waals surface area contributed by atoms with Gasteiger partial charge in [0.1, 0.15) is 0 Å². The smallest absolute Gasteiger partial charge is 0.292 e. The minimum atomic E-state index is 0.400. The summed E-state index contributed by atoms with van der Waals surface area (Å²) in [5.74, 6) is 1.02. The molecular weight excluding hydrogens is 260 g/mol. The Morgan fingerprint density at radius 2 is 2.16 bits per heavy atom. The van der Waals surface area contributed by atoms with Crippen molar-refractivity contribution in [3.63, 3.8) is 0 Å². The van der Waals surface area contributed by atoms with Crippen molar-refractivity contribution in [2.75, 3.05) is 19.4 Å². The Morgan fingerprint density at radius 1 is 1.42 bits per heavy atom. The van der Waals surface area contributed by atoms with Gasteiger partial charge >= 0.3 is 5.69 Å². The molecule has 5 heteroatoms. The number of thioether (sulfide) groups is 1. The summed E-state index contributed by atoms with van der Waals surface area (Å²) in [5, 5.41) is 0.400. The lowest BCUT2D eigenvalue weighted by atomic mass is 10.1. The van der Waals surface area contributed by atoms with Gasteiger partial charge in [0.25, 0.3) is 4.92 Å². The second kappa shape index (κ2) is 6.70. The maximum absolute atomic E-state index is 11.3. The van der Waals surface area contributed by atoms with Crippen LogP contribution in [0.1, 0.15) is 30.6 Å². The first kappa shape index (κ1) is 14.1. The van der Waals surface area contributed by atoms with Gasteiger partial charge in [0.2, 0.25) is 0 Å². The van der Waals surface area contributed by atoms with Crippen LogP contribution in [0.4, 0.5) is 5.69 Å². The van der Waals surface area contributed by atoms with Gasteiger partial charge in [-0.2, -0.15) is 0 Å². The van der Waals surface area contributed by atoms with E-state index in [9.17, 15) is 4.91 Å². The molecule has 0 radical (unpaired) electrons. The van der Waals surface area contributed by atoms with Crippen molar-refractivity contribution in [1.82, 2.24) is 0 Å². The van der Waals surface area contributed by atoms with Crippen LogP contribution in [0.5, 0.6) is 0 Å². The third-order valence-corrected chi connectivity index (χ3v) is 4.44. The van der Waals surface area contributed by atoms with Gasteiger partial charge in [-0.15, -0.1) is 11.8 Å². The highest BCUT2D eigenvalue weighted by molar-refractivity contribution is 8.00. The first-order chi connectivity index (χ1) is 9.24. The zero-order valence-corrected chi connectivity index (χ0v) is 12.2. The summed E-state index contributed by atoms with van der Waals surface area (Å²) in [6.07, 6.45) is 2.27. The number of hydrogen-bond donors (Lipinski definition) is 0. The Bertz CT molecular complexity index is 471. The Balaban J connectivity index is 2.02. The molecule has 1 heterocycles. The second-order valence-electron chi connectivity index (χ2n) is 4.49. The molecule has 1 unspecified atom stereocenters. The number of rotatable bonds is 5. The molecule has 1 aliphatic heterocycles. The zero-order chi connectivity index (χ0) is 13.7. The maximum Gasteiger partial charge on any atom is 0.316 e. The molecule has 0 saturated carbocycles. The van der Waals surface area contributed by atoms with Crippen molar-refractivity contribution in [1.29, 1.82) is 0 Å². The number of benzene rings is 1. The van der Waals surface area contributed by atoms with Gasteiger partial charge in [0.15, 0.2) is 7.11 Å². The summed E-state index contributed by atoms with van der Waals surface area (Å²) in [7, 11) is 1.36. The molecule has 1 aliphatic rings. The minimum Gasteiger partial charge on any atom is -0.292 e. The van der Waals surface area contributed by atoms with Crippen LogP contribution in [-0.4, -0.2) is 30.0 Å². The van der Waals surface area contributed by atoms with Crippen molar-refractivity contribution in [2.45, 2.75) is 25.0 Å². The second-order valence-corrected chi connectivity index (χ2v) is 5.68. The van der Waals surface area contributed by atoms with Gasteiger partial charge in [-0.05, 0) is 12.0 Å². The van der Waals surface area contributed by atoms with E-state index >= 15 is 0 Å². The van der Waals surface area contributed by atoms with Crippen molar-refractivity contribution >= 4 is 23.2 Å². The van der Waals surface area contributed by atoms with Gasteiger partial charge in [-0.3, -0.25) is 4.99 Å². The van der Waals surface area contributed by atoms with Crippen molar-refractivity contribution in [2.24, 2.45) is 4.99 Å². The molecule has 0 amide bonds. The molecule has 0 bridgehead atoms. The summed E-state index contributed by atoms with van der Waals surface area (Å²) in [6, 6.07) is 7.55. The Hall–Kier alpha value is -1.36. The molecule has 0 N–H and O–H groups in total. The SMILES string of the molecule is CCCC1=NCC(c2ccc([N+](=O)OC)cc2)SC1. The third-order valence-electron chi connectivity index (χ3n) is 3.11. The molecule has 0 spiro atoms. The van der Waals surface area contributed by atoms with Crippen LogP contribution in [0.2, 0.25) is 0 Å². The maximum atomic E-state index is 11.3. The van der Waals surface area contributed by atoms with Crippen LogP contribution in [0.25, 0.3) is 0 Å². The fraction of sp³-hybridized carbons (Fsp3) is 0.500. The predicted molar refractivity (Wildman–Crippen MR) is 79.1 cm³/mol. The predicted octanol–water partition coefficient (Wildman–Crippen LogP) is 3.69. The van der Waals surface area contributed by atoms with Gasteiger partial charge in [-0.1, -0.05) is 25.5 Å². The van der Waals surface area contributed by atoms with E-state index in [1.165, 1.54) is 18.4 Å². The summed E-state index contributed by atoms with van der Waals surface area (Å²) < 4.78 is 0. The fourth-order valence-electron chi connectivity index (χ4n) is 2.06. The molecular formula is C14H19N2O2S+. The zero-order valence-electron chi connectivity index (χ0n) is 11.3. The largest absolute Gasteiger partial charge is 0.316 e. The van der Waals surface area contributed by atoms with Crippen molar-refractivity contribution in [3.8, 4) is 0 Å². The van der Waals surface area contributed by atoms with Crippen LogP contribution in [-0.2, 0) is 4.84 Å². The quantitative estimate of drug-likeness (QED) is 0.772. The molecule has 1 atom stereocenters. The fourth-order valence-corrected chi connectivity index (χ4v) is 3.22. The Morgan fingerprint density at radius 3 is 2.68 bits per heavy atom. The molecule has 0 aromatic heterocycles. The monoisotopic (exact) mass is 279 g/mol. The highest BCUT2D eigenvalue weighted by Gasteiger charge is 2.19. The number of aliphatic imine (C=N–C) groups is 1. The van der Waals surface area contributed by atoms with Gasteiger partial charge in [0.05, 0.1) is 11.5 Å². The molecule has 19 heavy (non-hydrogen) atoms. The van der Waals surface area contributed by atoms with E-state index in [1.54, 1.807) is 12.1 Å². The Labute approximate surface area is 117 Å². The van der Waals surface area contributed by atoms with E-state index in [0.717, 1.165) is 25.1 Å². The van der Waals surface area contributed by atoms with Crippen molar-refractivity contribution < 1.29 is 9.76 Å². The summed E-state index contributed by atoms with van der Waals surface area (Å²) in [5.41, 5.74) is 3.06. The summed E-state index contributed by atoms with van der Waals surface area (Å²) in [6.45, 7) is 3.02. The molecule has 102 valence electrons. The van der Waals surface area contributed by atoms with Gasteiger partial charge in [0, 0.05) is 28.8 Å². The van der Waals surface area contributed by atoms with Gasteiger partial charge < -0.3 is 0 Å². The first-order valence-corrected chi connectivity index (χ1v) is 7.54. The van der Waals surface area contributed by atoms with E-state index < -0.39 is 0 Å². The highest BCUT2D eigenvalue weighted by atomic mass is 32.2. The van der Waals surface area contributed by atoms with Crippen LogP contribution in [0.3, 0.4) is 0 Å². The molecule has 0 fully saturated rings. The van der Waals surface area contributed by atoms with E-state index in [1.807, 2.05) is 23.9 Å². The van der Waals surface area contributed by atoms with Gasteiger partial charge in [-0.25, -0.2) is 4.84 Å². The van der Waals surface area contributed by atoms with Crippen LogP contribution in [0.15, 0.2) is 29.3 Å². The minimum absolute atomic E-state index is 0.400. The van der Waals surface area contributed by atoms with Crippen LogP contribution >= 0.6 is 11.8 Å². The molecule has 0 aliphatic carbocycles. The van der Waals surface area contributed by atoms with Crippen LogP contribution < -0.4 is 0 Å². The van der Waals surface area contributed by atoms with Crippen LogP contribution in [0, 0.1) is 4.91 Å². The lowest BCUT2D eigenvalue weighted by Gasteiger charge is -2.20. The van der Waals surface area contributed by atoms with Crippen molar-refractivity contribution in [3.05, 3.63) is 34.7 Å². The number of nitrogens with zero attached hydrogens (tertiary/aromatic N) is 2. The molecule has 4 nitrogen and oxygen atoms in total. The Kier molecular flexibility index (Phi) is 4.96. The molecule has 0 saturated heterocycles. The van der Waals surface area contributed by atoms with E-state index in [-0.39, 0.29) is 0 Å².